The molecule has 0 unspecified atom stereocenters. The zero-order valence-corrected chi connectivity index (χ0v) is 18.8. The summed E-state index contributed by atoms with van der Waals surface area (Å²) in [5, 5.41) is 23.1. The molecule has 4 rings (SSSR count). The Morgan fingerprint density at radius 1 is 1.30 bits per heavy atom. The molecule has 6 nitrogen and oxygen atoms in total. The molecule has 0 radical (unpaired) electrons. The highest BCUT2D eigenvalue weighted by Gasteiger charge is 2.22. The standard InChI is InChI=1S/C21H20ClN5OS2/c1-2-27-19(13-7-9-14(22)10-8-13)25-26-21(27)29-12-18(28)24-20-16(11-23)15-5-3-4-6-17(15)30-20/h7-10H,2-6,12H2,1H3,(H,24,28). The Labute approximate surface area is 188 Å². The van der Waals surface area contributed by atoms with Gasteiger partial charge < -0.3 is 9.88 Å². The number of halogens is 1. The molecule has 0 spiro atoms. The van der Waals surface area contributed by atoms with Gasteiger partial charge in [-0.15, -0.1) is 21.5 Å². The Hall–Kier alpha value is -2.34. The number of benzene rings is 1. The molecule has 1 aromatic carbocycles. The predicted octanol–water partition coefficient (Wildman–Crippen LogP) is 5.16. The lowest BCUT2D eigenvalue weighted by Crippen LogP contribution is -2.14. The van der Waals surface area contributed by atoms with Crippen LogP contribution >= 0.6 is 34.7 Å². The van der Waals surface area contributed by atoms with Crippen LogP contribution in [0.2, 0.25) is 5.02 Å². The van der Waals surface area contributed by atoms with Gasteiger partial charge in [-0.05, 0) is 62.4 Å². The number of thioether (sulfide) groups is 1. The molecule has 30 heavy (non-hydrogen) atoms. The van der Waals surface area contributed by atoms with Crippen molar-refractivity contribution < 1.29 is 4.79 Å². The van der Waals surface area contributed by atoms with Gasteiger partial charge in [0.05, 0.1) is 11.3 Å². The molecule has 1 N–H and O–H groups in total. The number of aryl methyl sites for hydroxylation is 1. The maximum Gasteiger partial charge on any atom is 0.235 e. The van der Waals surface area contributed by atoms with Crippen molar-refractivity contribution in [1.82, 2.24) is 14.8 Å². The minimum Gasteiger partial charge on any atom is -0.316 e. The molecule has 0 saturated carbocycles. The molecule has 1 amide bonds. The summed E-state index contributed by atoms with van der Waals surface area (Å²) in [7, 11) is 0. The van der Waals surface area contributed by atoms with E-state index in [1.165, 1.54) is 28.0 Å². The average molecular weight is 458 g/mol. The van der Waals surface area contributed by atoms with Crippen LogP contribution in [0.1, 0.15) is 35.8 Å². The van der Waals surface area contributed by atoms with Crippen LogP contribution in [0, 0.1) is 11.3 Å². The first-order valence-corrected chi connectivity index (χ1v) is 11.9. The summed E-state index contributed by atoms with van der Waals surface area (Å²) in [6.07, 6.45) is 4.16. The molecule has 0 aliphatic heterocycles. The molecule has 154 valence electrons. The highest BCUT2D eigenvalue weighted by Crippen LogP contribution is 2.37. The maximum absolute atomic E-state index is 12.6. The van der Waals surface area contributed by atoms with Gasteiger partial charge >= 0.3 is 0 Å². The molecule has 0 saturated heterocycles. The van der Waals surface area contributed by atoms with Gasteiger partial charge in [-0.2, -0.15) is 5.26 Å². The first-order valence-electron chi connectivity index (χ1n) is 9.77. The van der Waals surface area contributed by atoms with Gasteiger partial charge in [0.25, 0.3) is 0 Å². The van der Waals surface area contributed by atoms with E-state index in [0.29, 0.717) is 27.3 Å². The van der Waals surface area contributed by atoms with Crippen molar-refractivity contribution in [2.45, 2.75) is 44.3 Å². The van der Waals surface area contributed by atoms with Gasteiger partial charge in [0.2, 0.25) is 5.91 Å². The molecule has 0 fully saturated rings. The zero-order chi connectivity index (χ0) is 21.1. The SMILES string of the molecule is CCn1c(SCC(=O)Nc2sc3c(c2C#N)CCCC3)nnc1-c1ccc(Cl)cc1. The Morgan fingerprint density at radius 2 is 2.07 bits per heavy atom. The third-order valence-electron chi connectivity index (χ3n) is 5.00. The maximum atomic E-state index is 12.6. The van der Waals surface area contributed by atoms with Crippen LogP contribution in [-0.2, 0) is 24.2 Å². The van der Waals surface area contributed by atoms with Crippen LogP contribution in [-0.4, -0.2) is 26.4 Å². The first-order chi connectivity index (χ1) is 14.6. The van der Waals surface area contributed by atoms with Gasteiger partial charge in [0.1, 0.15) is 11.1 Å². The van der Waals surface area contributed by atoms with E-state index < -0.39 is 0 Å². The number of rotatable bonds is 6. The van der Waals surface area contributed by atoms with E-state index in [-0.39, 0.29) is 11.7 Å². The van der Waals surface area contributed by atoms with Crippen LogP contribution < -0.4 is 5.32 Å². The van der Waals surface area contributed by atoms with Crippen molar-refractivity contribution in [2.75, 3.05) is 11.1 Å². The number of aromatic nitrogens is 3. The third-order valence-corrected chi connectivity index (χ3v) is 7.43. The van der Waals surface area contributed by atoms with Crippen LogP contribution in [0.15, 0.2) is 29.4 Å². The van der Waals surface area contributed by atoms with Gasteiger partial charge in [0, 0.05) is 22.0 Å². The molecule has 1 aliphatic carbocycles. The van der Waals surface area contributed by atoms with Gasteiger partial charge in [0.15, 0.2) is 11.0 Å². The second kappa shape index (κ2) is 9.21. The minimum absolute atomic E-state index is 0.145. The fourth-order valence-corrected chi connectivity index (χ4v) is 5.74. The number of nitriles is 1. The van der Waals surface area contributed by atoms with Crippen LogP contribution in [0.5, 0.6) is 0 Å². The smallest absolute Gasteiger partial charge is 0.235 e. The van der Waals surface area contributed by atoms with Crippen LogP contribution in [0.4, 0.5) is 5.00 Å². The number of anilines is 1. The van der Waals surface area contributed by atoms with E-state index in [4.69, 9.17) is 11.6 Å². The monoisotopic (exact) mass is 457 g/mol. The number of amides is 1. The fraction of sp³-hybridized carbons (Fsp3) is 0.333. The minimum atomic E-state index is -0.145. The number of fused-ring (bicyclic) bond motifs is 1. The van der Waals surface area contributed by atoms with E-state index in [0.717, 1.165) is 42.6 Å². The Morgan fingerprint density at radius 3 is 2.80 bits per heavy atom. The van der Waals surface area contributed by atoms with Gasteiger partial charge in [-0.1, -0.05) is 23.4 Å². The summed E-state index contributed by atoms with van der Waals surface area (Å²) in [6, 6.07) is 9.73. The van der Waals surface area contributed by atoms with Crippen molar-refractivity contribution >= 4 is 45.6 Å². The van der Waals surface area contributed by atoms with Crippen molar-refractivity contribution in [3.63, 3.8) is 0 Å². The highest BCUT2D eigenvalue weighted by molar-refractivity contribution is 7.99. The molecule has 9 heteroatoms. The number of carbonyl (C=O) groups is 1. The first kappa shape index (κ1) is 20.9. The quantitative estimate of drug-likeness (QED) is 0.517. The second-order valence-corrected chi connectivity index (χ2v) is 9.41. The number of thiophene rings is 1. The number of nitrogens with zero attached hydrogens (tertiary/aromatic N) is 4. The lowest BCUT2D eigenvalue weighted by Gasteiger charge is -2.09. The van der Waals surface area contributed by atoms with Crippen molar-refractivity contribution in [2.24, 2.45) is 0 Å². The largest absolute Gasteiger partial charge is 0.316 e. The lowest BCUT2D eigenvalue weighted by atomic mass is 9.96. The molecule has 1 aliphatic rings. The number of nitrogens with one attached hydrogen (secondary N) is 1. The van der Waals surface area contributed by atoms with E-state index in [1.807, 2.05) is 35.8 Å². The van der Waals surface area contributed by atoms with E-state index in [9.17, 15) is 10.1 Å². The molecular weight excluding hydrogens is 438 g/mol. The molecule has 2 aromatic heterocycles. The van der Waals surface area contributed by atoms with Crippen molar-refractivity contribution in [1.29, 1.82) is 5.26 Å². The topological polar surface area (TPSA) is 83.6 Å². The average Bonchev–Trinajstić information content (AvgIpc) is 3.33. The van der Waals surface area contributed by atoms with Crippen molar-refractivity contribution in [3.8, 4) is 17.5 Å². The molecule has 0 bridgehead atoms. The Bertz CT molecular complexity index is 1110. The summed E-state index contributed by atoms with van der Waals surface area (Å²) in [4.78, 5) is 13.8. The summed E-state index contributed by atoms with van der Waals surface area (Å²) in [5.41, 5.74) is 2.68. The highest BCUT2D eigenvalue weighted by atomic mass is 35.5. The number of hydrogen-bond donors (Lipinski definition) is 1. The Balaban J connectivity index is 1.45. The lowest BCUT2D eigenvalue weighted by molar-refractivity contribution is -0.113. The van der Waals surface area contributed by atoms with Gasteiger partial charge in [-0.3, -0.25) is 4.79 Å². The van der Waals surface area contributed by atoms with Crippen LogP contribution in [0.25, 0.3) is 11.4 Å². The summed E-state index contributed by atoms with van der Waals surface area (Å²) in [6.45, 7) is 2.70. The Kier molecular flexibility index (Phi) is 6.42. The summed E-state index contributed by atoms with van der Waals surface area (Å²) >= 11 is 8.85. The van der Waals surface area contributed by atoms with E-state index in [1.54, 1.807) is 0 Å². The van der Waals surface area contributed by atoms with Gasteiger partial charge in [-0.25, -0.2) is 0 Å². The zero-order valence-electron chi connectivity index (χ0n) is 16.4. The van der Waals surface area contributed by atoms with E-state index >= 15 is 0 Å². The number of hydrogen-bond acceptors (Lipinski definition) is 6. The summed E-state index contributed by atoms with van der Waals surface area (Å²) < 4.78 is 1.98. The normalized spacial score (nSPS) is 13.0. The summed E-state index contributed by atoms with van der Waals surface area (Å²) in [5.74, 6) is 0.801. The second-order valence-electron chi connectivity index (χ2n) is 6.92. The predicted molar refractivity (Wildman–Crippen MR) is 121 cm³/mol. The molecule has 2 heterocycles. The van der Waals surface area contributed by atoms with Crippen molar-refractivity contribution in [3.05, 3.63) is 45.3 Å². The molecule has 0 atom stereocenters. The van der Waals surface area contributed by atoms with Crippen LogP contribution in [0.3, 0.4) is 0 Å². The molecular formula is C21H20ClN5OS2. The third kappa shape index (κ3) is 4.24. The molecule has 3 aromatic rings. The number of carbonyl (C=O) groups excluding carboxylic acids is 1. The fourth-order valence-electron chi connectivity index (χ4n) is 3.56. The van der Waals surface area contributed by atoms with E-state index in [2.05, 4.69) is 21.6 Å².